The molecule has 0 saturated carbocycles. The normalized spacial score (nSPS) is 14.3. The number of nitro groups is 1. The summed E-state index contributed by atoms with van der Waals surface area (Å²) < 4.78 is 0. The number of carbonyl (C=O) groups is 1. The van der Waals surface area contributed by atoms with Gasteiger partial charge in [-0.25, -0.2) is 0 Å². The molecule has 2 aromatic carbocycles. The van der Waals surface area contributed by atoms with Gasteiger partial charge in [-0.2, -0.15) is 0 Å². The topological polar surface area (TPSA) is 99.6 Å². The first kappa shape index (κ1) is 17.7. The highest BCUT2D eigenvalue weighted by atomic mass is 16.6. The molecule has 4 rings (SSSR count). The summed E-state index contributed by atoms with van der Waals surface area (Å²) in [5.74, 6) is -0.282. The summed E-state index contributed by atoms with van der Waals surface area (Å²) in [7, 11) is 0. The van der Waals surface area contributed by atoms with Gasteiger partial charge >= 0.3 is 0 Å². The molecule has 1 amide bonds. The number of H-pyrrole nitrogens is 1. The lowest BCUT2D eigenvalue weighted by Crippen LogP contribution is -2.49. The van der Waals surface area contributed by atoms with E-state index in [1.165, 1.54) is 12.1 Å². The van der Waals surface area contributed by atoms with Crippen molar-refractivity contribution in [1.29, 1.82) is 0 Å². The molecule has 1 aromatic heterocycles. The largest absolute Gasteiger partial charge is 0.368 e. The van der Waals surface area contributed by atoms with Gasteiger partial charge in [0.25, 0.3) is 17.2 Å². The number of hydrogen-bond acceptors (Lipinski definition) is 5. The monoisotopic (exact) mass is 378 g/mol. The first-order valence-electron chi connectivity index (χ1n) is 8.94. The van der Waals surface area contributed by atoms with Crippen LogP contribution in [-0.4, -0.2) is 46.9 Å². The Hall–Kier alpha value is -3.68. The van der Waals surface area contributed by atoms with Gasteiger partial charge in [-0.05, 0) is 29.7 Å². The van der Waals surface area contributed by atoms with Gasteiger partial charge in [-0.15, -0.1) is 0 Å². The number of fused-ring (bicyclic) bond motifs is 1. The van der Waals surface area contributed by atoms with Gasteiger partial charge in [0.1, 0.15) is 5.56 Å². The predicted octanol–water partition coefficient (Wildman–Crippen LogP) is 2.40. The number of aromatic nitrogens is 1. The van der Waals surface area contributed by atoms with Crippen molar-refractivity contribution in [3.8, 4) is 0 Å². The molecule has 142 valence electrons. The fourth-order valence-electron chi connectivity index (χ4n) is 3.43. The number of nitrogens with one attached hydrogen (secondary N) is 1. The number of nitrogens with zero attached hydrogens (tertiary/aromatic N) is 3. The Morgan fingerprint density at radius 3 is 2.36 bits per heavy atom. The van der Waals surface area contributed by atoms with E-state index >= 15 is 0 Å². The van der Waals surface area contributed by atoms with Crippen molar-refractivity contribution in [2.75, 3.05) is 31.1 Å². The Balaban J connectivity index is 1.47. The highest BCUT2D eigenvalue weighted by molar-refractivity contribution is 5.97. The van der Waals surface area contributed by atoms with Crippen LogP contribution >= 0.6 is 0 Å². The van der Waals surface area contributed by atoms with E-state index in [-0.39, 0.29) is 22.7 Å². The molecule has 1 fully saturated rings. The number of nitro benzene ring substituents is 1. The molecule has 1 saturated heterocycles. The van der Waals surface area contributed by atoms with Crippen molar-refractivity contribution >= 4 is 28.2 Å². The van der Waals surface area contributed by atoms with Gasteiger partial charge in [0, 0.05) is 49.5 Å². The molecule has 0 atom stereocenters. The molecule has 28 heavy (non-hydrogen) atoms. The fraction of sp³-hybridized carbons (Fsp3) is 0.200. The molecular weight excluding hydrogens is 360 g/mol. The Morgan fingerprint density at radius 1 is 1.00 bits per heavy atom. The summed E-state index contributed by atoms with van der Waals surface area (Å²) in [6.07, 6.45) is 0. The van der Waals surface area contributed by atoms with Gasteiger partial charge in [0.15, 0.2) is 0 Å². The van der Waals surface area contributed by atoms with Crippen LogP contribution in [0.4, 0.5) is 11.4 Å². The maximum Gasteiger partial charge on any atom is 0.269 e. The molecule has 8 nitrogen and oxygen atoms in total. The smallest absolute Gasteiger partial charge is 0.269 e. The van der Waals surface area contributed by atoms with Gasteiger partial charge in [0.05, 0.1) is 4.92 Å². The molecule has 0 spiro atoms. The summed E-state index contributed by atoms with van der Waals surface area (Å²) in [5, 5.41) is 11.6. The Labute approximate surface area is 160 Å². The zero-order valence-corrected chi connectivity index (χ0v) is 15.0. The number of amides is 1. The lowest BCUT2D eigenvalue weighted by Gasteiger charge is -2.36. The number of carbonyl (C=O) groups excluding carboxylic acids is 1. The highest BCUT2D eigenvalue weighted by Crippen LogP contribution is 2.21. The van der Waals surface area contributed by atoms with E-state index in [4.69, 9.17) is 0 Å². The Morgan fingerprint density at radius 2 is 1.68 bits per heavy atom. The number of rotatable bonds is 3. The molecule has 0 unspecified atom stereocenters. The van der Waals surface area contributed by atoms with Crippen molar-refractivity contribution in [1.82, 2.24) is 9.88 Å². The predicted molar refractivity (Wildman–Crippen MR) is 106 cm³/mol. The van der Waals surface area contributed by atoms with E-state index in [1.54, 1.807) is 29.2 Å². The van der Waals surface area contributed by atoms with Gasteiger partial charge in [0.2, 0.25) is 0 Å². The highest BCUT2D eigenvalue weighted by Gasteiger charge is 2.24. The van der Waals surface area contributed by atoms with Crippen molar-refractivity contribution in [2.45, 2.75) is 0 Å². The number of anilines is 1. The second-order valence-corrected chi connectivity index (χ2v) is 6.65. The summed E-state index contributed by atoms with van der Waals surface area (Å²) in [6, 6.07) is 15.4. The van der Waals surface area contributed by atoms with Gasteiger partial charge in [-0.3, -0.25) is 19.7 Å². The second kappa shape index (κ2) is 7.15. The van der Waals surface area contributed by atoms with E-state index in [1.807, 2.05) is 18.2 Å². The maximum atomic E-state index is 12.8. The standard InChI is InChI=1S/C20H18N4O4/c25-19-17(13-14-3-1-2-4-18(14)21-19)20(26)23-11-9-22(10-12-23)15-5-7-16(8-6-15)24(27)28/h1-8,13H,9-12H2,(H,21,25). The number of benzene rings is 2. The molecule has 1 N–H and O–H groups in total. The third kappa shape index (κ3) is 3.32. The van der Waals surface area contributed by atoms with Crippen LogP contribution in [0.2, 0.25) is 0 Å². The number of hydrogen-bond donors (Lipinski definition) is 1. The van der Waals surface area contributed by atoms with Crippen LogP contribution in [0, 0.1) is 10.1 Å². The Kier molecular flexibility index (Phi) is 4.52. The van der Waals surface area contributed by atoms with Gasteiger partial charge < -0.3 is 14.8 Å². The van der Waals surface area contributed by atoms with E-state index in [2.05, 4.69) is 9.88 Å². The van der Waals surface area contributed by atoms with Crippen LogP contribution in [0.1, 0.15) is 10.4 Å². The molecule has 1 aliphatic heterocycles. The molecule has 1 aliphatic rings. The molecule has 0 bridgehead atoms. The van der Waals surface area contributed by atoms with Crippen LogP contribution in [0.3, 0.4) is 0 Å². The van der Waals surface area contributed by atoms with Gasteiger partial charge in [-0.1, -0.05) is 18.2 Å². The Bertz CT molecular complexity index is 1100. The van der Waals surface area contributed by atoms with Crippen LogP contribution in [0.15, 0.2) is 59.4 Å². The zero-order chi connectivity index (χ0) is 19.7. The lowest BCUT2D eigenvalue weighted by molar-refractivity contribution is -0.384. The van der Waals surface area contributed by atoms with Crippen LogP contribution in [0.25, 0.3) is 10.9 Å². The van der Waals surface area contributed by atoms with E-state index in [0.29, 0.717) is 31.7 Å². The average molecular weight is 378 g/mol. The summed E-state index contributed by atoms with van der Waals surface area (Å²) in [6.45, 7) is 2.13. The van der Waals surface area contributed by atoms with Crippen molar-refractivity contribution in [3.63, 3.8) is 0 Å². The summed E-state index contributed by atoms with van der Waals surface area (Å²) in [5.41, 5.74) is 1.38. The van der Waals surface area contributed by atoms with Crippen LogP contribution < -0.4 is 10.5 Å². The third-order valence-electron chi connectivity index (χ3n) is 4.98. The zero-order valence-electron chi connectivity index (χ0n) is 15.0. The number of aromatic amines is 1. The third-order valence-corrected chi connectivity index (χ3v) is 4.98. The average Bonchev–Trinajstić information content (AvgIpc) is 2.73. The number of para-hydroxylation sites is 1. The maximum absolute atomic E-state index is 12.8. The molecule has 2 heterocycles. The summed E-state index contributed by atoms with van der Waals surface area (Å²) >= 11 is 0. The van der Waals surface area contributed by atoms with Crippen molar-refractivity contribution < 1.29 is 9.72 Å². The molecule has 0 radical (unpaired) electrons. The van der Waals surface area contributed by atoms with Crippen molar-refractivity contribution in [2.24, 2.45) is 0 Å². The summed E-state index contributed by atoms with van der Waals surface area (Å²) in [4.78, 5) is 42.0. The lowest BCUT2D eigenvalue weighted by atomic mass is 10.1. The minimum atomic E-state index is -0.429. The first-order valence-corrected chi connectivity index (χ1v) is 8.94. The molecule has 0 aliphatic carbocycles. The quantitative estimate of drug-likeness (QED) is 0.557. The number of pyridine rings is 1. The molecule has 8 heteroatoms. The van der Waals surface area contributed by atoms with E-state index < -0.39 is 4.92 Å². The van der Waals surface area contributed by atoms with Crippen LogP contribution in [-0.2, 0) is 0 Å². The molecular formula is C20H18N4O4. The molecule has 3 aromatic rings. The second-order valence-electron chi connectivity index (χ2n) is 6.65. The number of non-ortho nitro benzene ring substituents is 1. The van der Waals surface area contributed by atoms with Crippen molar-refractivity contribution in [3.05, 3.63) is 80.6 Å². The SMILES string of the molecule is O=C(c1cc2ccccc2[nH]c1=O)N1CCN(c2ccc([N+](=O)[O-])cc2)CC1. The first-order chi connectivity index (χ1) is 13.5. The van der Waals surface area contributed by atoms with Crippen LogP contribution in [0.5, 0.6) is 0 Å². The minimum Gasteiger partial charge on any atom is -0.368 e. The minimum absolute atomic E-state index is 0.0492. The number of piperazine rings is 1. The van der Waals surface area contributed by atoms with E-state index in [9.17, 15) is 19.7 Å². The fourth-order valence-corrected chi connectivity index (χ4v) is 3.43. The van der Waals surface area contributed by atoms with E-state index in [0.717, 1.165) is 11.1 Å².